The molecule has 2 rings (SSSR count). The highest BCUT2D eigenvalue weighted by atomic mass is 16.5. The third-order valence-corrected chi connectivity index (χ3v) is 2.77. The fraction of sp³-hybridized carbons (Fsp3) is 0.636. The Kier molecular flexibility index (Phi) is 2.86. The van der Waals surface area contributed by atoms with Crippen LogP contribution in [-0.2, 0) is 11.8 Å². The summed E-state index contributed by atoms with van der Waals surface area (Å²) >= 11 is 0. The van der Waals surface area contributed by atoms with E-state index in [1.54, 1.807) is 18.7 Å². The van der Waals surface area contributed by atoms with E-state index in [0.717, 1.165) is 25.1 Å². The van der Waals surface area contributed by atoms with Crippen molar-refractivity contribution in [2.24, 2.45) is 7.05 Å². The van der Waals surface area contributed by atoms with Crippen molar-refractivity contribution in [3.05, 3.63) is 17.5 Å². The minimum atomic E-state index is 0.0482. The monoisotopic (exact) mass is 208 g/mol. The van der Waals surface area contributed by atoms with Gasteiger partial charge in [-0.1, -0.05) is 0 Å². The maximum absolute atomic E-state index is 11.3. The third-order valence-electron chi connectivity index (χ3n) is 2.77. The zero-order valence-corrected chi connectivity index (χ0v) is 9.19. The lowest BCUT2D eigenvalue weighted by atomic mass is 10.1. The summed E-state index contributed by atoms with van der Waals surface area (Å²) < 4.78 is 7.26. The lowest BCUT2D eigenvalue weighted by molar-refractivity contribution is 0.0120. The first-order valence-electron chi connectivity index (χ1n) is 5.35. The highest BCUT2D eigenvalue weighted by Gasteiger charge is 2.20. The van der Waals surface area contributed by atoms with Gasteiger partial charge in [0.1, 0.15) is 11.8 Å². The summed E-state index contributed by atoms with van der Waals surface area (Å²) in [5.41, 5.74) is 1.54. The average molecular weight is 208 g/mol. The highest BCUT2D eigenvalue weighted by molar-refractivity contribution is 5.92. The van der Waals surface area contributed by atoms with Crippen molar-refractivity contribution in [2.75, 3.05) is 6.61 Å². The highest BCUT2D eigenvalue weighted by Crippen LogP contribution is 2.27. The zero-order valence-electron chi connectivity index (χ0n) is 9.19. The van der Waals surface area contributed by atoms with Crippen LogP contribution in [0.3, 0.4) is 0 Å². The molecule has 1 aliphatic heterocycles. The summed E-state index contributed by atoms with van der Waals surface area (Å²) in [5.74, 6) is 0.0482. The number of rotatable bonds is 2. The number of hydrogen-bond acceptors (Lipinski definition) is 3. The lowest BCUT2D eigenvalue weighted by Gasteiger charge is -2.20. The molecule has 1 aliphatic rings. The van der Waals surface area contributed by atoms with Crippen LogP contribution in [0.1, 0.15) is 48.5 Å². The van der Waals surface area contributed by atoms with Gasteiger partial charge < -0.3 is 4.74 Å². The Bertz CT molecular complexity index is 365. The molecule has 0 amide bonds. The first-order valence-corrected chi connectivity index (χ1v) is 5.35. The minimum Gasteiger partial charge on any atom is -0.372 e. The van der Waals surface area contributed by atoms with E-state index >= 15 is 0 Å². The summed E-state index contributed by atoms with van der Waals surface area (Å²) in [5, 5.41) is 4.33. The Balaban J connectivity index is 2.21. The molecule has 0 spiro atoms. The second-order valence-electron chi connectivity index (χ2n) is 3.99. The van der Waals surface area contributed by atoms with Crippen LogP contribution in [0.4, 0.5) is 0 Å². The maximum Gasteiger partial charge on any atom is 0.177 e. The molecule has 1 atom stereocenters. The van der Waals surface area contributed by atoms with Gasteiger partial charge in [0.15, 0.2) is 5.78 Å². The van der Waals surface area contributed by atoms with E-state index in [1.165, 1.54) is 6.42 Å². The van der Waals surface area contributed by atoms with Crippen molar-refractivity contribution in [1.82, 2.24) is 9.78 Å². The molecule has 1 aromatic rings. The predicted molar refractivity (Wildman–Crippen MR) is 55.8 cm³/mol. The quantitative estimate of drug-likeness (QED) is 0.697. The molecule has 0 N–H and O–H groups in total. The molecule has 0 saturated carbocycles. The molecule has 1 aromatic heterocycles. The van der Waals surface area contributed by atoms with Crippen LogP contribution in [0.2, 0.25) is 0 Å². The van der Waals surface area contributed by atoms with Crippen LogP contribution in [0, 0.1) is 0 Å². The lowest BCUT2D eigenvalue weighted by Crippen LogP contribution is -2.12. The SMILES string of the molecule is CC(=O)c1cc(C2CCCCO2)nn1C. The molecule has 2 heterocycles. The Morgan fingerprint density at radius 2 is 2.40 bits per heavy atom. The molecular weight excluding hydrogens is 192 g/mol. The van der Waals surface area contributed by atoms with Gasteiger partial charge in [-0.25, -0.2) is 0 Å². The number of ether oxygens (including phenoxy) is 1. The Labute approximate surface area is 89.2 Å². The van der Waals surface area contributed by atoms with Gasteiger partial charge in [0.2, 0.25) is 0 Å². The minimum absolute atomic E-state index is 0.0482. The second-order valence-corrected chi connectivity index (χ2v) is 3.99. The Hall–Kier alpha value is -1.16. The standard InChI is InChI=1S/C11H16N2O2/c1-8(14)10-7-9(12-13(10)2)11-5-3-4-6-15-11/h7,11H,3-6H2,1-2H3. The van der Waals surface area contributed by atoms with E-state index in [9.17, 15) is 4.79 Å². The van der Waals surface area contributed by atoms with Crippen LogP contribution >= 0.6 is 0 Å². The molecule has 1 saturated heterocycles. The van der Waals surface area contributed by atoms with E-state index in [0.29, 0.717) is 5.69 Å². The van der Waals surface area contributed by atoms with Gasteiger partial charge in [-0.15, -0.1) is 0 Å². The smallest absolute Gasteiger partial charge is 0.177 e. The van der Waals surface area contributed by atoms with Crippen LogP contribution in [0.5, 0.6) is 0 Å². The first kappa shape index (κ1) is 10.4. The topological polar surface area (TPSA) is 44.1 Å². The molecule has 82 valence electrons. The molecule has 0 aliphatic carbocycles. The Morgan fingerprint density at radius 1 is 1.60 bits per heavy atom. The van der Waals surface area contributed by atoms with E-state index in [1.807, 2.05) is 6.07 Å². The fourth-order valence-corrected chi connectivity index (χ4v) is 1.95. The van der Waals surface area contributed by atoms with Crippen LogP contribution in [0.15, 0.2) is 6.07 Å². The van der Waals surface area contributed by atoms with Crippen molar-refractivity contribution in [1.29, 1.82) is 0 Å². The van der Waals surface area contributed by atoms with Gasteiger partial charge in [0, 0.05) is 20.6 Å². The number of hydrogen-bond donors (Lipinski definition) is 0. The van der Waals surface area contributed by atoms with E-state index in [-0.39, 0.29) is 11.9 Å². The van der Waals surface area contributed by atoms with E-state index < -0.39 is 0 Å². The number of ketones is 1. The molecular formula is C11H16N2O2. The number of nitrogens with zero attached hydrogens (tertiary/aromatic N) is 2. The van der Waals surface area contributed by atoms with Crippen molar-refractivity contribution in [3.8, 4) is 0 Å². The van der Waals surface area contributed by atoms with Gasteiger partial charge in [-0.05, 0) is 25.3 Å². The third kappa shape index (κ3) is 2.09. The summed E-state index contributed by atoms with van der Waals surface area (Å²) in [6, 6.07) is 1.85. The zero-order chi connectivity index (χ0) is 10.8. The number of Topliss-reactive ketones (excluding diaryl/α,β-unsaturated/α-hetero) is 1. The number of aromatic nitrogens is 2. The van der Waals surface area contributed by atoms with Gasteiger partial charge in [-0.2, -0.15) is 5.10 Å². The van der Waals surface area contributed by atoms with Crippen molar-refractivity contribution < 1.29 is 9.53 Å². The first-order chi connectivity index (χ1) is 7.18. The summed E-state index contributed by atoms with van der Waals surface area (Å²) in [7, 11) is 1.79. The molecule has 0 aromatic carbocycles. The van der Waals surface area contributed by atoms with E-state index in [2.05, 4.69) is 5.10 Å². The largest absolute Gasteiger partial charge is 0.372 e. The van der Waals surface area contributed by atoms with Crippen LogP contribution < -0.4 is 0 Å². The van der Waals surface area contributed by atoms with Gasteiger partial charge in [0.25, 0.3) is 0 Å². The molecule has 15 heavy (non-hydrogen) atoms. The van der Waals surface area contributed by atoms with Gasteiger partial charge in [-0.3, -0.25) is 9.48 Å². The maximum atomic E-state index is 11.3. The molecule has 0 bridgehead atoms. The molecule has 4 heteroatoms. The summed E-state index contributed by atoms with van der Waals surface area (Å²) in [6.45, 7) is 2.36. The number of carbonyl (C=O) groups excluding carboxylic acids is 1. The molecule has 1 fully saturated rings. The van der Waals surface area contributed by atoms with Gasteiger partial charge >= 0.3 is 0 Å². The van der Waals surface area contributed by atoms with Crippen LogP contribution in [-0.4, -0.2) is 22.2 Å². The normalized spacial score (nSPS) is 21.6. The van der Waals surface area contributed by atoms with Crippen molar-refractivity contribution in [3.63, 3.8) is 0 Å². The van der Waals surface area contributed by atoms with Crippen molar-refractivity contribution >= 4 is 5.78 Å². The summed E-state index contributed by atoms with van der Waals surface area (Å²) in [6.07, 6.45) is 3.39. The average Bonchev–Trinajstić information content (AvgIpc) is 2.62. The Morgan fingerprint density at radius 3 is 2.93 bits per heavy atom. The van der Waals surface area contributed by atoms with Crippen molar-refractivity contribution in [2.45, 2.75) is 32.3 Å². The fourth-order valence-electron chi connectivity index (χ4n) is 1.95. The molecule has 1 unspecified atom stereocenters. The molecule has 4 nitrogen and oxygen atoms in total. The van der Waals surface area contributed by atoms with Gasteiger partial charge in [0.05, 0.1) is 5.69 Å². The predicted octanol–water partition coefficient (Wildman–Crippen LogP) is 1.86. The van der Waals surface area contributed by atoms with Crippen LogP contribution in [0.25, 0.3) is 0 Å². The molecule has 0 radical (unpaired) electrons. The second kappa shape index (κ2) is 4.14. The van der Waals surface area contributed by atoms with E-state index in [4.69, 9.17) is 4.74 Å². The number of aryl methyl sites for hydroxylation is 1. The summed E-state index contributed by atoms with van der Waals surface area (Å²) in [4.78, 5) is 11.3. The number of carbonyl (C=O) groups is 1.